The van der Waals surface area contributed by atoms with Crippen molar-refractivity contribution in [2.24, 2.45) is 0 Å². The van der Waals surface area contributed by atoms with Crippen molar-refractivity contribution in [3.05, 3.63) is 113 Å². The molecule has 1 unspecified atom stereocenters. The van der Waals surface area contributed by atoms with Gasteiger partial charge in [-0.1, -0.05) is 60.7 Å². The first kappa shape index (κ1) is 28.0. The lowest BCUT2D eigenvalue weighted by molar-refractivity contribution is -0.0549. The fraction of sp³-hybridized carbons (Fsp3) is 0.143. The second kappa shape index (κ2) is 10.7. The lowest BCUT2D eigenvalue weighted by Gasteiger charge is -2.40. The molecule has 0 amide bonds. The van der Waals surface area contributed by atoms with Gasteiger partial charge in [-0.3, -0.25) is 0 Å². The van der Waals surface area contributed by atoms with Crippen LogP contribution in [-0.2, 0) is 21.5 Å². The molecule has 0 bridgehead atoms. The van der Waals surface area contributed by atoms with Crippen LogP contribution in [0.5, 0.6) is 23.0 Å². The van der Waals surface area contributed by atoms with Crippen LogP contribution >= 0.6 is 0 Å². The Kier molecular flexibility index (Phi) is 6.81. The van der Waals surface area contributed by atoms with Crippen LogP contribution in [0.25, 0.3) is 33.7 Å². The van der Waals surface area contributed by atoms with Crippen LogP contribution in [0.3, 0.4) is 0 Å². The zero-order valence-electron chi connectivity index (χ0n) is 23.9. The zero-order chi connectivity index (χ0) is 30.5. The Bertz CT molecular complexity index is 2110. The highest BCUT2D eigenvalue weighted by molar-refractivity contribution is 7.85. The summed E-state index contributed by atoms with van der Waals surface area (Å²) in [5, 5.41) is 3.96. The van der Waals surface area contributed by atoms with Crippen molar-refractivity contribution >= 4 is 43.8 Å². The standard InChI is InChI=1S/C35H28O8S/c1-39-31-17-23-9-3-5-12-27(23)29-14-15-35(42-33(29)31)25(21-41-20-22-8-7-11-26(16-22)44(36,37)38)19-30-28-13-6-4-10-24(28)18-32(40-2)34(30)43-35/h3-19H,20-21H2,1-2H3,(H,36,37,38)/p-1. The van der Waals surface area contributed by atoms with Crippen molar-refractivity contribution in [1.82, 2.24) is 0 Å². The summed E-state index contributed by atoms with van der Waals surface area (Å²) in [6.45, 7) is 0.117. The largest absolute Gasteiger partial charge is 0.744 e. The van der Waals surface area contributed by atoms with Crippen molar-refractivity contribution in [3.8, 4) is 23.0 Å². The first-order valence-electron chi connectivity index (χ1n) is 13.9. The average Bonchev–Trinajstić information content (AvgIpc) is 3.04. The fourth-order valence-electron chi connectivity index (χ4n) is 5.79. The van der Waals surface area contributed by atoms with Crippen LogP contribution in [0.4, 0.5) is 0 Å². The smallest absolute Gasteiger partial charge is 0.297 e. The summed E-state index contributed by atoms with van der Waals surface area (Å²) in [6.07, 6.45) is 5.82. The molecule has 2 aliphatic rings. The van der Waals surface area contributed by atoms with Gasteiger partial charge in [0.2, 0.25) is 0 Å². The maximum Gasteiger partial charge on any atom is 0.297 e. The van der Waals surface area contributed by atoms with E-state index in [2.05, 4.69) is 0 Å². The van der Waals surface area contributed by atoms with E-state index in [1.165, 1.54) is 18.2 Å². The summed E-state index contributed by atoms with van der Waals surface area (Å²) in [7, 11) is -1.40. The van der Waals surface area contributed by atoms with E-state index in [9.17, 15) is 13.0 Å². The first-order valence-corrected chi connectivity index (χ1v) is 15.3. The number of rotatable bonds is 7. The molecular weight excluding hydrogens is 580 g/mol. The van der Waals surface area contributed by atoms with Gasteiger partial charge in [0.1, 0.15) is 10.1 Å². The summed E-state index contributed by atoms with van der Waals surface area (Å²) in [5.74, 6) is 0.745. The predicted molar refractivity (Wildman–Crippen MR) is 166 cm³/mol. The Morgan fingerprint density at radius 3 is 2.00 bits per heavy atom. The minimum absolute atomic E-state index is 0.0523. The third-order valence-electron chi connectivity index (χ3n) is 7.91. The Morgan fingerprint density at radius 2 is 1.36 bits per heavy atom. The van der Waals surface area contributed by atoms with E-state index in [0.29, 0.717) is 34.1 Å². The summed E-state index contributed by atoms with van der Waals surface area (Å²) < 4.78 is 65.9. The molecule has 0 aliphatic carbocycles. The molecule has 2 heterocycles. The molecule has 1 spiro atoms. The van der Waals surface area contributed by atoms with Crippen LogP contribution in [-0.4, -0.2) is 39.6 Å². The molecule has 0 fully saturated rings. The maximum atomic E-state index is 11.6. The van der Waals surface area contributed by atoms with Gasteiger partial charge in [0, 0.05) is 22.8 Å². The predicted octanol–water partition coefficient (Wildman–Crippen LogP) is 6.71. The maximum absolute atomic E-state index is 11.6. The van der Waals surface area contributed by atoms with Crippen LogP contribution in [0.1, 0.15) is 16.7 Å². The zero-order valence-corrected chi connectivity index (χ0v) is 24.7. The van der Waals surface area contributed by atoms with E-state index in [1.807, 2.05) is 78.9 Å². The van der Waals surface area contributed by atoms with Crippen LogP contribution in [0.2, 0.25) is 0 Å². The monoisotopic (exact) mass is 607 g/mol. The van der Waals surface area contributed by atoms with Crippen molar-refractivity contribution in [2.75, 3.05) is 20.8 Å². The lowest BCUT2D eigenvalue weighted by atomic mass is 9.91. The summed E-state index contributed by atoms with van der Waals surface area (Å²) in [6, 6.07) is 25.6. The van der Waals surface area contributed by atoms with E-state index in [1.54, 1.807) is 20.3 Å². The van der Waals surface area contributed by atoms with Gasteiger partial charge in [0.25, 0.3) is 5.79 Å². The molecule has 0 aromatic heterocycles. The first-order chi connectivity index (χ1) is 21.3. The Balaban J connectivity index is 1.34. The highest BCUT2D eigenvalue weighted by Crippen LogP contribution is 2.51. The molecule has 5 aromatic carbocycles. The van der Waals surface area contributed by atoms with Crippen molar-refractivity contribution in [3.63, 3.8) is 0 Å². The van der Waals surface area contributed by atoms with Gasteiger partial charge in [-0.05, 0) is 63.5 Å². The third-order valence-corrected chi connectivity index (χ3v) is 8.74. The summed E-state index contributed by atoms with van der Waals surface area (Å²) in [4.78, 5) is -0.308. The van der Waals surface area contributed by atoms with E-state index in [0.717, 1.165) is 32.7 Å². The SMILES string of the molecule is COc1cc2ccccc2c2c1OC1(C=C2)Oc2c(OC)cc3ccccc3c2C=C1COCc1cccc(S(=O)(=O)[O-])c1. The molecule has 0 saturated heterocycles. The lowest BCUT2D eigenvalue weighted by Crippen LogP contribution is -2.46. The molecule has 9 heteroatoms. The molecular formula is C35H27O8S-. The van der Waals surface area contributed by atoms with Gasteiger partial charge < -0.3 is 28.2 Å². The molecule has 8 nitrogen and oxygen atoms in total. The topological polar surface area (TPSA) is 103 Å². The van der Waals surface area contributed by atoms with E-state index in [-0.39, 0.29) is 18.1 Å². The molecule has 0 saturated carbocycles. The Morgan fingerprint density at radius 1 is 0.750 bits per heavy atom. The number of hydrogen-bond donors (Lipinski definition) is 0. The Labute approximate surface area is 254 Å². The highest BCUT2D eigenvalue weighted by Gasteiger charge is 2.45. The molecule has 1 atom stereocenters. The number of fused-ring (bicyclic) bond motifs is 6. The van der Waals surface area contributed by atoms with Gasteiger partial charge in [-0.25, -0.2) is 8.42 Å². The van der Waals surface area contributed by atoms with Gasteiger partial charge >= 0.3 is 0 Å². The minimum Gasteiger partial charge on any atom is -0.744 e. The van der Waals surface area contributed by atoms with Gasteiger partial charge in [-0.2, -0.15) is 0 Å². The summed E-state index contributed by atoms with van der Waals surface area (Å²) in [5.41, 5.74) is 2.88. The number of methoxy groups -OCH3 is 2. The molecule has 0 radical (unpaired) electrons. The molecule has 0 N–H and O–H groups in total. The average molecular weight is 608 g/mol. The van der Waals surface area contributed by atoms with Crippen molar-refractivity contribution < 1.29 is 36.7 Å². The summed E-state index contributed by atoms with van der Waals surface area (Å²) >= 11 is 0. The van der Waals surface area contributed by atoms with Crippen LogP contribution in [0.15, 0.2) is 101 Å². The third kappa shape index (κ3) is 4.75. The fourth-order valence-corrected chi connectivity index (χ4v) is 6.33. The van der Waals surface area contributed by atoms with Crippen LogP contribution < -0.4 is 18.9 Å². The second-order valence-electron chi connectivity index (χ2n) is 10.6. The van der Waals surface area contributed by atoms with E-state index >= 15 is 0 Å². The molecule has 7 rings (SSSR count). The van der Waals surface area contributed by atoms with Gasteiger partial charge in [-0.15, -0.1) is 0 Å². The van der Waals surface area contributed by atoms with Gasteiger partial charge in [0.05, 0.1) is 32.3 Å². The van der Waals surface area contributed by atoms with E-state index < -0.39 is 15.9 Å². The number of hydrogen-bond acceptors (Lipinski definition) is 8. The van der Waals surface area contributed by atoms with Gasteiger partial charge in [0.15, 0.2) is 23.0 Å². The molecule has 44 heavy (non-hydrogen) atoms. The van der Waals surface area contributed by atoms with Crippen LogP contribution in [0, 0.1) is 0 Å². The number of ether oxygens (including phenoxy) is 5. The van der Waals surface area contributed by atoms with Crippen molar-refractivity contribution in [2.45, 2.75) is 17.3 Å². The molecule has 222 valence electrons. The molecule has 2 aliphatic heterocycles. The Hall–Kier alpha value is -4.83. The van der Waals surface area contributed by atoms with Crippen molar-refractivity contribution in [1.29, 1.82) is 0 Å². The minimum atomic E-state index is -4.59. The quantitative estimate of drug-likeness (QED) is 0.188. The normalized spacial score (nSPS) is 17.0. The highest BCUT2D eigenvalue weighted by atomic mass is 32.2. The van der Waals surface area contributed by atoms with E-state index in [4.69, 9.17) is 23.7 Å². The second-order valence-corrected chi connectivity index (χ2v) is 11.9. The molecule has 5 aromatic rings. The number of benzene rings is 5.